The number of hydrogen-bond acceptors (Lipinski definition) is 9. The molecule has 3 rings (SSSR count). The fourth-order valence-electron chi connectivity index (χ4n) is 2.67. The van der Waals surface area contributed by atoms with Crippen molar-refractivity contribution in [3.8, 4) is 0 Å². The SMILES string of the molecule is CCOC(=O)Nc1ccc2c(COC(=O)CN(C)c3ncccn3)cc(=O)oc2c1. The Bertz CT molecular complexity index is 1100. The van der Waals surface area contributed by atoms with Crippen LogP contribution in [0, 0.1) is 0 Å². The van der Waals surface area contributed by atoms with Gasteiger partial charge in [-0.05, 0) is 25.1 Å². The van der Waals surface area contributed by atoms with Gasteiger partial charge < -0.3 is 18.8 Å². The van der Waals surface area contributed by atoms with Crippen LogP contribution >= 0.6 is 0 Å². The number of nitrogens with one attached hydrogen (secondary N) is 1. The highest BCUT2D eigenvalue weighted by Crippen LogP contribution is 2.22. The van der Waals surface area contributed by atoms with Crippen LogP contribution in [0.4, 0.5) is 16.4 Å². The lowest BCUT2D eigenvalue weighted by atomic mass is 10.1. The van der Waals surface area contributed by atoms with Gasteiger partial charge in [-0.15, -0.1) is 0 Å². The van der Waals surface area contributed by atoms with Crippen molar-refractivity contribution in [1.82, 2.24) is 9.97 Å². The van der Waals surface area contributed by atoms with Crippen molar-refractivity contribution in [2.45, 2.75) is 13.5 Å². The van der Waals surface area contributed by atoms with E-state index in [2.05, 4.69) is 15.3 Å². The summed E-state index contributed by atoms with van der Waals surface area (Å²) in [5.41, 5.74) is 0.535. The van der Waals surface area contributed by atoms with E-state index in [0.717, 1.165) is 0 Å². The molecule has 30 heavy (non-hydrogen) atoms. The molecule has 0 unspecified atom stereocenters. The molecule has 10 nitrogen and oxygen atoms in total. The first-order chi connectivity index (χ1) is 14.5. The second-order valence-electron chi connectivity index (χ2n) is 6.21. The molecule has 3 aromatic rings. The number of anilines is 2. The van der Waals surface area contributed by atoms with Crippen molar-refractivity contribution in [3.05, 3.63) is 58.7 Å². The molecule has 2 aromatic heterocycles. The summed E-state index contributed by atoms with van der Waals surface area (Å²) in [6.45, 7) is 1.75. The summed E-state index contributed by atoms with van der Waals surface area (Å²) in [4.78, 5) is 45.3. The summed E-state index contributed by atoms with van der Waals surface area (Å²) in [5, 5.41) is 3.12. The summed E-state index contributed by atoms with van der Waals surface area (Å²) in [6, 6.07) is 7.73. The molecule has 1 aromatic carbocycles. The number of carbonyl (C=O) groups is 2. The highest BCUT2D eigenvalue weighted by Gasteiger charge is 2.13. The Morgan fingerprint density at radius 1 is 1.17 bits per heavy atom. The second kappa shape index (κ2) is 9.50. The number of benzene rings is 1. The zero-order valence-electron chi connectivity index (χ0n) is 16.5. The maximum absolute atomic E-state index is 12.2. The number of fused-ring (bicyclic) bond motifs is 1. The standard InChI is InChI=1S/C20H20N4O6/c1-3-28-20(27)23-14-5-6-15-13(9-17(25)30-16(15)10-14)12-29-18(26)11-24(2)19-21-7-4-8-22-19/h4-10H,3,11-12H2,1-2H3,(H,23,27). The van der Waals surface area contributed by atoms with E-state index in [9.17, 15) is 14.4 Å². The molecule has 1 amide bonds. The molecule has 0 aliphatic heterocycles. The van der Waals surface area contributed by atoms with Gasteiger partial charge in [-0.3, -0.25) is 10.1 Å². The zero-order valence-corrected chi connectivity index (χ0v) is 16.5. The number of amides is 1. The van der Waals surface area contributed by atoms with Crippen LogP contribution in [0.5, 0.6) is 0 Å². The summed E-state index contributed by atoms with van der Waals surface area (Å²) in [5.74, 6) is -0.117. The molecule has 0 radical (unpaired) electrons. The summed E-state index contributed by atoms with van der Waals surface area (Å²) in [7, 11) is 1.67. The summed E-state index contributed by atoms with van der Waals surface area (Å²) in [6.07, 6.45) is 2.53. The minimum Gasteiger partial charge on any atom is -0.459 e. The van der Waals surface area contributed by atoms with Crippen LogP contribution < -0.4 is 15.8 Å². The van der Waals surface area contributed by atoms with Gasteiger partial charge >= 0.3 is 17.7 Å². The normalized spacial score (nSPS) is 10.5. The third-order valence-electron chi connectivity index (χ3n) is 4.00. The van der Waals surface area contributed by atoms with E-state index in [0.29, 0.717) is 22.6 Å². The second-order valence-corrected chi connectivity index (χ2v) is 6.21. The number of carbonyl (C=O) groups excluding carboxylic acids is 2. The molecule has 0 saturated carbocycles. The van der Waals surface area contributed by atoms with Crippen molar-refractivity contribution in [2.75, 3.05) is 30.4 Å². The number of esters is 1. The summed E-state index contributed by atoms with van der Waals surface area (Å²) < 4.78 is 15.3. The molecule has 0 saturated heterocycles. The van der Waals surface area contributed by atoms with Crippen molar-refractivity contribution >= 4 is 34.7 Å². The first-order valence-electron chi connectivity index (χ1n) is 9.10. The van der Waals surface area contributed by atoms with E-state index in [4.69, 9.17) is 13.9 Å². The highest BCUT2D eigenvalue weighted by atomic mass is 16.5. The number of aromatic nitrogens is 2. The van der Waals surface area contributed by atoms with Gasteiger partial charge in [0, 0.05) is 48.2 Å². The fraction of sp³-hybridized carbons (Fsp3) is 0.250. The Labute approximate surface area is 171 Å². The van der Waals surface area contributed by atoms with Gasteiger partial charge in [0.25, 0.3) is 0 Å². The van der Waals surface area contributed by atoms with Crippen LogP contribution in [-0.2, 0) is 20.9 Å². The van der Waals surface area contributed by atoms with Gasteiger partial charge in [0.15, 0.2) is 0 Å². The molecule has 10 heteroatoms. The fourth-order valence-corrected chi connectivity index (χ4v) is 2.67. The average molecular weight is 412 g/mol. The Hall–Kier alpha value is -3.95. The number of nitrogens with zero attached hydrogens (tertiary/aromatic N) is 3. The molecule has 1 N–H and O–H groups in total. The van der Waals surface area contributed by atoms with Crippen LogP contribution in [0.15, 0.2) is 51.9 Å². The molecule has 0 aliphatic carbocycles. The Morgan fingerprint density at radius 3 is 2.67 bits per heavy atom. The smallest absolute Gasteiger partial charge is 0.411 e. The molecule has 2 heterocycles. The van der Waals surface area contributed by atoms with Crippen LogP contribution in [0.1, 0.15) is 12.5 Å². The first kappa shape index (κ1) is 20.8. The molecule has 0 spiro atoms. The third-order valence-corrected chi connectivity index (χ3v) is 4.00. The summed E-state index contributed by atoms with van der Waals surface area (Å²) >= 11 is 0. The lowest BCUT2D eigenvalue weighted by molar-refractivity contribution is -0.143. The number of ether oxygens (including phenoxy) is 2. The Kier molecular flexibility index (Phi) is 6.58. The van der Waals surface area contributed by atoms with E-state index < -0.39 is 17.7 Å². The van der Waals surface area contributed by atoms with Crippen LogP contribution in [0.2, 0.25) is 0 Å². The first-order valence-corrected chi connectivity index (χ1v) is 9.10. The topological polar surface area (TPSA) is 124 Å². The van der Waals surface area contributed by atoms with Gasteiger partial charge in [0.05, 0.1) is 6.61 Å². The minimum atomic E-state index is -0.615. The van der Waals surface area contributed by atoms with Crippen LogP contribution in [-0.4, -0.2) is 42.2 Å². The molecule has 0 fully saturated rings. The van der Waals surface area contributed by atoms with E-state index in [1.807, 2.05) is 0 Å². The lowest BCUT2D eigenvalue weighted by Gasteiger charge is -2.15. The van der Waals surface area contributed by atoms with Crippen molar-refractivity contribution in [3.63, 3.8) is 0 Å². The maximum atomic E-state index is 12.2. The van der Waals surface area contributed by atoms with Gasteiger partial charge in [0.1, 0.15) is 18.7 Å². The van der Waals surface area contributed by atoms with E-state index >= 15 is 0 Å². The average Bonchev–Trinajstić information content (AvgIpc) is 2.72. The maximum Gasteiger partial charge on any atom is 0.411 e. The Morgan fingerprint density at radius 2 is 1.93 bits per heavy atom. The van der Waals surface area contributed by atoms with E-state index in [1.54, 1.807) is 49.5 Å². The quantitative estimate of drug-likeness (QED) is 0.460. The Balaban J connectivity index is 1.70. The van der Waals surface area contributed by atoms with E-state index in [1.165, 1.54) is 12.1 Å². The van der Waals surface area contributed by atoms with Crippen LogP contribution in [0.3, 0.4) is 0 Å². The number of hydrogen-bond donors (Lipinski definition) is 1. The highest BCUT2D eigenvalue weighted by molar-refractivity contribution is 5.90. The predicted octanol–water partition coefficient (Wildman–Crippen LogP) is 2.33. The van der Waals surface area contributed by atoms with Crippen LogP contribution in [0.25, 0.3) is 11.0 Å². The molecule has 0 aliphatic rings. The van der Waals surface area contributed by atoms with Gasteiger partial charge in [-0.2, -0.15) is 0 Å². The van der Waals surface area contributed by atoms with Crippen molar-refractivity contribution in [1.29, 1.82) is 0 Å². The van der Waals surface area contributed by atoms with E-state index in [-0.39, 0.29) is 25.3 Å². The lowest BCUT2D eigenvalue weighted by Crippen LogP contribution is -2.28. The van der Waals surface area contributed by atoms with Gasteiger partial charge in [-0.1, -0.05) is 0 Å². The number of rotatable bonds is 7. The zero-order chi connectivity index (χ0) is 21.5. The monoisotopic (exact) mass is 412 g/mol. The number of likely N-dealkylation sites (N-methyl/N-ethyl adjacent to an activating group) is 1. The van der Waals surface area contributed by atoms with Crippen molar-refractivity contribution in [2.24, 2.45) is 0 Å². The third kappa shape index (κ3) is 5.31. The van der Waals surface area contributed by atoms with Gasteiger partial charge in [0.2, 0.25) is 5.95 Å². The molecule has 0 atom stereocenters. The largest absolute Gasteiger partial charge is 0.459 e. The van der Waals surface area contributed by atoms with Gasteiger partial charge in [-0.25, -0.2) is 19.6 Å². The molecular weight excluding hydrogens is 392 g/mol. The van der Waals surface area contributed by atoms with Crippen molar-refractivity contribution < 1.29 is 23.5 Å². The predicted molar refractivity (Wildman–Crippen MR) is 108 cm³/mol. The molecular formula is C20H20N4O6. The molecule has 0 bridgehead atoms. The molecule has 156 valence electrons. The minimum absolute atomic E-state index is 0.0585.